The van der Waals surface area contributed by atoms with Crippen molar-refractivity contribution in [2.24, 2.45) is 0 Å². The molecule has 0 saturated heterocycles. The summed E-state index contributed by atoms with van der Waals surface area (Å²) in [5, 5.41) is 3.77. The van der Waals surface area contributed by atoms with Gasteiger partial charge in [-0.2, -0.15) is 0 Å². The van der Waals surface area contributed by atoms with Gasteiger partial charge >= 0.3 is 37.7 Å². The van der Waals surface area contributed by atoms with E-state index < -0.39 is 20.2 Å². The van der Waals surface area contributed by atoms with Crippen LogP contribution in [-0.2, 0) is 45.9 Å². The first kappa shape index (κ1) is 35.7. The number of aryl methyl sites for hydroxylation is 4. The van der Waals surface area contributed by atoms with E-state index in [1.807, 2.05) is 38.1 Å². The minimum absolute atomic E-state index is 0. The molecule has 6 nitrogen and oxygen atoms in total. The fraction of sp³-hybridized carbons (Fsp3) is 0.375. The molecule has 4 aromatic rings. The van der Waals surface area contributed by atoms with Gasteiger partial charge in [0.05, 0.1) is 9.79 Å². The van der Waals surface area contributed by atoms with Gasteiger partial charge in [-0.1, -0.05) is 102 Å². The maximum atomic E-state index is 11.4. The quantitative estimate of drug-likeness (QED) is 0.140. The predicted molar refractivity (Wildman–Crippen MR) is 166 cm³/mol. The third-order valence-electron chi connectivity index (χ3n) is 6.92. The monoisotopic (exact) mass is 622 g/mol. The van der Waals surface area contributed by atoms with Gasteiger partial charge in [0.15, 0.2) is 0 Å². The summed E-state index contributed by atoms with van der Waals surface area (Å²) in [5.41, 5.74) is 3.78. The van der Waals surface area contributed by atoms with Crippen molar-refractivity contribution < 1.29 is 25.9 Å². The van der Waals surface area contributed by atoms with E-state index in [9.17, 15) is 25.9 Å². The third-order valence-corrected chi connectivity index (χ3v) is 8.76. The molecular weight excluding hydrogens is 585 g/mol. The Bertz CT molecular complexity index is 1570. The van der Waals surface area contributed by atoms with E-state index >= 15 is 0 Å². The van der Waals surface area contributed by atoms with Gasteiger partial charge in [-0.25, -0.2) is 16.8 Å². The summed E-state index contributed by atoms with van der Waals surface area (Å²) in [6.45, 7) is 8.20. The van der Waals surface area contributed by atoms with Crippen molar-refractivity contribution in [3.05, 3.63) is 82.9 Å². The molecule has 0 aromatic heterocycles. The fourth-order valence-electron chi connectivity index (χ4n) is 5.22. The van der Waals surface area contributed by atoms with E-state index in [2.05, 4.69) is 26.0 Å². The molecule has 0 aliphatic rings. The van der Waals surface area contributed by atoms with Crippen LogP contribution in [-0.4, -0.2) is 63.7 Å². The average molecular weight is 623 g/mol. The molecule has 0 spiro atoms. The minimum atomic E-state index is -4.42. The zero-order valence-corrected chi connectivity index (χ0v) is 28.2. The van der Waals surface area contributed by atoms with E-state index in [0.29, 0.717) is 24.0 Å². The largest absolute Gasteiger partial charge is 2.00 e. The molecule has 0 aliphatic carbocycles. The Morgan fingerprint density at radius 1 is 0.512 bits per heavy atom. The summed E-state index contributed by atoms with van der Waals surface area (Å²) in [4.78, 5) is -0.148. The van der Waals surface area contributed by atoms with Crippen LogP contribution in [0.2, 0.25) is 0 Å². The van der Waals surface area contributed by atoms with Crippen molar-refractivity contribution in [1.82, 2.24) is 0 Å². The first-order chi connectivity index (χ1) is 18.9. The summed E-state index contributed by atoms with van der Waals surface area (Å²) in [5.74, 6) is 0. The van der Waals surface area contributed by atoms with Crippen LogP contribution >= 0.6 is 0 Å². The second kappa shape index (κ2) is 15.8. The maximum Gasteiger partial charge on any atom is 2.00 e. The fourth-order valence-corrected chi connectivity index (χ4v) is 6.72. The molecule has 9 heteroatoms. The van der Waals surface area contributed by atoms with Gasteiger partial charge in [0.25, 0.3) is 0 Å². The number of fused-ring (bicyclic) bond motifs is 2. The Hall–Kier alpha value is -1.52. The molecule has 0 fully saturated rings. The van der Waals surface area contributed by atoms with Crippen molar-refractivity contribution in [3.8, 4) is 0 Å². The molecule has 41 heavy (non-hydrogen) atoms. The molecule has 0 heterocycles. The van der Waals surface area contributed by atoms with Gasteiger partial charge in [0, 0.05) is 0 Å². The molecule has 0 bridgehead atoms. The third kappa shape index (κ3) is 9.23. The molecule has 0 N–H and O–H groups in total. The van der Waals surface area contributed by atoms with Gasteiger partial charge in [-0.05, 0) is 81.6 Å². The summed E-state index contributed by atoms with van der Waals surface area (Å²) in [7, 11) is -8.83. The Morgan fingerprint density at radius 2 is 0.854 bits per heavy atom. The molecule has 0 unspecified atom stereocenters. The van der Waals surface area contributed by atoms with Crippen LogP contribution in [0.3, 0.4) is 0 Å². The van der Waals surface area contributed by atoms with Crippen LogP contribution in [0, 0.1) is 0 Å². The van der Waals surface area contributed by atoms with Crippen molar-refractivity contribution in [3.63, 3.8) is 0 Å². The SMILES string of the molecule is CCCc1ccc2c(CCC)c(S(=O)(=O)[O-])ccc2c1.CCCc1ccc2c(CCC)c(S(=O)(=O)[O-])ccc2c1.[Ca+2]. The second-order valence-corrected chi connectivity index (χ2v) is 12.8. The van der Waals surface area contributed by atoms with Crippen molar-refractivity contribution >= 4 is 79.5 Å². The van der Waals surface area contributed by atoms with Gasteiger partial charge in [0.2, 0.25) is 0 Å². The van der Waals surface area contributed by atoms with E-state index in [4.69, 9.17) is 0 Å². The average Bonchev–Trinajstić information content (AvgIpc) is 2.88. The van der Waals surface area contributed by atoms with Crippen LogP contribution in [0.5, 0.6) is 0 Å². The van der Waals surface area contributed by atoms with Gasteiger partial charge in [-0.15, -0.1) is 0 Å². The smallest absolute Gasteiger partial charge is 0.744 e. The van der Waals surface area contributed by atoms with E-state index in [1.165, 1.54) is 23.3 Å². The second-order valence-electron chi connectivity index (χ2n) is 10.1. The number of benzene rings is 4. The first-order valence-corrected chi connectivity index (χ1v) is 16.8. The molecular formula is C32H38CaO6S2. The first-order valence-electron chi connectivity index (χ1n) is 13.9. The standard InChI is InChI=1S/2C16H20O3S.Ca/c2*1-3-5-12-7-9-14-13(11-12)8-10-16(20(17,18)19)15(14)6-4-2;/h2*7-11H,3-6H2,1-2H3,(H,17,18,19);/q;;+2/p-2. The molecule has 216 valence electrons. The summed E-state index contributed by atoms with van der Waals surface area (Å²) >= 11 is 0. The van der Waals surface area contributed by atoms with Crippen LogP contribution < -0.4 is 0 Å². The minimum Gasteiger partial charge on any atom is -0.744 e. The number of hydrogen-bond acceptors (Lipinski definition) is 6. The van der Waals surface area contributed by atoms with Crippen LogP contribution in [0.1, 0.15) is 75.6 Å². The Morgan fingerprint density at radius 3 is 1.15 bits per heavy atom. The van der Waals surface area contributed by atoms with Gasteiger partial charge in [-0.3, -0.25) is 0 Å². The van der Waals surface area contributed by atoms with Crippen LogP contribution in [0.4, 0.5) is 0 Å². The Kier molecular flexibility index (Phi) is 13.8. The van der Waals surface area contributed by atoms with Crippen molar-refractivity contribution in [2.75, 3.05) is 0 Å². The zero-order valence-electron chi connectivity index (χ0n) is 24.4. The summed E-state index contributed by atoms with van der Waals surface area (Å²) in [6.07, 6.45) is 6.95. The zero-order chi connectivity index (χ0) is 29.5. The Balaban J connectivity index is 0.000000280. The molecule has 4 rings (SSSR count). The molecule has 4 aromatic carbocycles. The normalized spacial score (nSPS) is 11.7. The van der Waals surface area contributed by atoms with Crippen LogP contribution in [0.15, 0.2) is 70.5 Å². The molecule has 0 radical (unpaired) electrons. The number of rotatable bonds is 10. The number of hydrogen-bond donors (Lipinski definition) is 0. The summed E-state index contributed by atoms with van der Waals surface area (Å²) < 4.78 is 68.3. The molecule has 0 saturated carbocycles. The van der Waals surface area contributed by atoms with E-state index in [0.717, 1.165) is 60.1 Å². The molecule has 0 amide bonds. The van der Waals surface area contributed by atoms with Gasteiger partial charge < -0.3 is 9.11 Å². The van der Waals surface area contributed by atoms with Crippen molar-refractivity contribution in [2.45, 2.75) is 88.9 Å². The van der Waals surface area contributed by atoms with E-state index in [-0.39, 0.29) is 47.5 Å². The maximum absolute atomic E-state index is 11.4. The van der Waals surface area contributed by atoms with Gasteiger partial charge in [0.1, 0.15) is 20.2 Å². The molecule has 0 atom stereocenters. The van der Waals surface area contributed by atoms with E-state index in [1.54, 1.807) is 12.1 Å². The summed E-state index contributed by atoms with van der Waals surface area (Å²) in [6, 6.07) is 18.5. The van der Waals surface area contributed by atoms with Crippen LogP contribution in [0.25, 0.3) is 21.5 Å². The van der Waals surface area contributed by atoms with Crippen molar-refractivity contribution in [1.29, 1.82) is 0 Å². The predicted octanol–water partition coefficient (Wildman–Crippen LogP) is 6.92. The topological polar surface area (TPSA) is 114 Å². The molecule has 0 aliphatic heterocycles. The Labute approximate surface area is 275 Å².